The zero-order chi connectivity index (χ0) is 10.6. The smallest absolute Gasteiger partial charge is 0.0689 e. The molecule has 0 spiro atoms. The highest BCUT2D eigenvalue weighted by molar-refractivity contribution is 5.02. The van der Waals surface area contributed by atoms with Gasteiger partial charge in [0.2, 0.25) is 0 Å². The van der Waals surface area contributed by atoms with Crippen LogP contribution in [0.2, 0.25) is 0 Å². The molecule has 2 atom stereocenters. The Morgan fingerprint density at radius 1 is 1.50 bits per heavy atom. The van der Waals surface area contributed by atoms with Crippen molar-refractivity contribution in [3.63, 3.8) is 0 Å². The summed E-state index contributed by atoms with van der Waals surface area (Å²) in [7, 11) is 0. The topological polar surface area (TPSA) is 23.8 Å². The van der Waals surface area contributed by atoms with E-state index in [1.165, 1.54) is 19.3 Å². The summed E-state index contributed by atoms with van der Waals surface area (Å²) in [6, 6.07) is 2.61. The second-order valence-corrected chi connectivity index (χ2v) is 5.36. The highest BCUT2D eigenvalue weighted by Gasteiger charge is 2.36. The van der Waals surface area contributed by atoms with Crippen LogP contribution in [0.4, 0.5) is 0 Å². The molecule has 0 aromatic heterocycles. The van der Waals surface area contributed by atoms with Gasteiger partial charge in [-0.15, -0.1) is 0 Å². The highest BCUT2D eigenvalue weighted by Crippen LogP contribution is 2.44. The van der Waals surface area contributed by atoms with Gasteiger partial charge >= 0.3 is 0 Å². The van der Waals surface area contributed by atoms with Crippen LogP contribution in [0.5, 0.6) is 0 Å². The summed E-state index contributed by atoms with van der Waals surface area (Å²) < 4.78 is 0. The molecule has 1 saturated carbocycles. The monoisotopic (exact) mass is 193 g/mol. The summed E-state index contributed by atoms with van der Waals surface area (Å²) in [5, 5.41) is 9.35. The van der Waals surface area contributed by atoms with Crippen molar-refractivity contribution >= 4 is 0 Å². The van der Waals surface area contributed by atoms with E-state index in [4.69, 9.17) is 0 Å². The minimum absolute atomic E-state index is 0.0209. The summed E-state index contributed by atoms with van der Waals surface area (Å²) in [6.07, 6.45) is 7.24. The molecule has 80 valence electrons. The molecule has 1 nitrogen and oxygen atoms in total. The molecule has 14 heavy (non-hydrogen) atoms. The molecule has 0 heterocycles. The highest BCUT2D eigenvalue weighted by atomic mass is 14.4. The van der Waals surface area contributed by atoms with E-state index < -0.39 is 0 Å². The maximum Gasteiger partial charge on any atom is 0.0689 e. The molecule has 1 rings (SSSR count). The lowest BCUT2D eigenvalue weighted by Gasteiger charge is -2.36. The van der Waals surface area contributed by atoms with Crippen molar-refractivity contribution in [2.75, 3.05) is 0 Å². The van der Waals surface area contributed by atoms with Gasteiger partial charge in [-0.05, 0) is 31.1 Å². The number of hydrogen-bond acceptors (Lipinski definition) is 1. The maximum absolute atomic E-state index is 9.35. The summed E-state index contributed by atoms with van der Waals surface area (Å²) in [5.41, 5.74) is 0.0209. The van der Waals surface area contributed by atoms with E-state index in [0.29, 0.717) is 5.92 Å². The van der Waals surface area contributed by atoms with Crippen molar-refractivity contribution < 1.29 is 0 Å². The molecule has 0 aromatic rings. The summed E-state index contributed by atoms with van der Waals surface area (Å²) in [4.78, 5) is 0. The third-order valence-corrected chi connectivity index (χ3v) is 3.56. The summed E-state index contributed by atoms with van der Waals surface area (Å²) in [5.74, 6) is 1.47. The first-order valence-corrected chi connectivity index (χ1v) is 6.03. The van der Waals surface area contributed by atoms with E-state index in [2.05, 4.69) is 26.8 Å². The van der Waals surface area contributed by atoms with Gasteiger partial charge in [-0.25, -0.2) is 0 Å². The predicted molar refractivity (Wildman–Crippen MR) is 59.8 cm³/mol. The third-order valence-electron chi connectivity index (χ3n) is 3.56. The van der Waals surface area contributed by atoms with Crippen LogP contribution in [-0.2, 0) is 0 Å². The number of hydrogen-bond donors (Lipinski definition) is 0. The predicted octanol–water partition coefficient (Wildman–Crippen LogP) is 4.14. The van der Waals surface area contributed by atoms with Crippen molar-refractivity contribution in [3.8, 4) is 6.07 Å². The molecule has 0 aliphatic heterocycles. The lowest BCUT2D eigenvalue weighted by Crippen LogP contribution is -2.28. The standard InChI is InChI=1S/C13H23N/c1-4-12-6-5-7-13(9-12,10-14)8-11(2)3/h11-12H,4-9H2,1-3H3. The number of rotatable bonds is 3. The van der Waals surface area contributed by atoms with Crippen LogP contribution in [0.1, 0.15) is 59.3 Å². The van der Waals surface area contributed by atoms with Crippen molar-refractivity contribution in [2.24, 2.45) is 17.3 Å². The third kappa shape index (κ3) is 2.74. The maximum atomic E-state index is 9.35. The van der Waals surface area contributed by atoms with Crippen molar-refractivity contribution in [1.29, 1.82) is 5.26 Å². The van der Waals surface area contributed by atoms with Crippen LogP contribution in [0.25, 0.3) is 0 Å². The number of nitriles is 1. The van der Waals surface area contributed by atoms with Gasteiger partial charge in [0.1, 0.15) is 0 Å². The Morgan fingerprint density at radius 2 is 2.21 bits per heavy atom. The molecule has 0 aromatic carbocycles. The SMILES string of the molecule is CCC1CCCC(C#N)(CC(C)C)C1. The van der Waals surface area contributed by atoms with Gasteiger partial charge in [0.05, 0.1) is 11.5 Å². The Morgan fingerprint density at radius 3 is 2.71 bits per heavy atom. The zero-order valence-electron chi connectivity index (χ0n) is 9.84. The minimum atomic E-state index is 0.0209. The van der Waals surface area contributed by atoms with E-state index in [9.17, 15) is 5.26 Å². The average molecular weight is 193 g/mol. The largest absolute Gasteiger partial charge is 0.198 e. The van der Waals surface area contributed by atoms with Gasteiger partial charge in [0, 0.05) is 0 Å². The molecule has 1 heteroatoms. The normalized spacial score (nSPS) is 32.9. The molecule has 0 radical (unpaired) electrons. The van der Waals surface area contributed by atoms with Crippen LogP contribution in [0, 0.1) is 28.6 Å². The molecule has 0 saturated heterocycles. The fourth-order valence-electron chi connectivity index (χ4n) is 2.95. The van der Waals surface area contributed by atoms with Crippen LogP contribution in [0.15, 0.2) is 0 Å². The quantitative estimate of drug-likeness (QED) is 0.660. The van der Waals surface area contributed by atoms with E-state index in [0.717, 1.165) is 25.2 Å². The first-order valence-electron chi connectivity index (χ1n) is 6.03. The lowest BCUT2D eigenvalue weighted by molar-refractivity contribution is 0.165. The average Bonchev–Trinajstić information content (AvgIpc) is 2.17. The molecular weight excluding hydrogens is 170 g/mol. The first-order chi connectivity index (χ1) is 6.62. The Labute approximate surface area is 88.5 Å². The fourth-order valence-corrected chi connectivity index (χ4v) is 2.95. The first kappa shape index (κ1) is 11.6. The van der Waals surface area contributed by atoms with Gasteiger partial charge in [-0.1, -0.05) is 40.0 Å². The Kier molecular flexibility index (Phi) is 3.98. The summed E-state index contributed by atoms with van der Waals surface area (Å²) in [6.45, 7) is 6.72. The Hall–Kier alpha value is -0.510. The molecular formula is C13H23N. The van der Waals surface area contributed by atoms with Crippen molar-refractivity contribution in [2.45, 2.75) is 59.3 Å². The molecule has 0 amide bonds. The fraction of sp³-hybridized carbons (Fsp3) is 0.923. The van der Waals surface area contributed by atoms with Gasteiger partial charge in [-0.3, -0.25) is 0 Å². The van der Waals surface area contributed by atoms with Crippen LogP contribution in [0.3, 0.4) is 0 Å². The van der Waals surface area contributed by atoms with Gasteiger partial charge < -0.3 is 0 Å². The zero-order valence-corrected chi connectivity index (χ0v) is 9.84. The van der Waals surface area contributed by atoms with E-state index in [1.807, 2.05) is 0 Å². The summed E-state index contributed by atoms with van der Waals surface area (Å²) >= 11 is 0. The van der Waals surface area contributed by atoms with E-state index in [-0.39, 0.29) is 5.41 Å². The van der Waals surface area contributed by atoms with Gasteiger partial charge in [0.15, 0.2) is 0 Å². The Bertz CT molecular complexity index is 214. The van der Waals surface area contributed by atoms with Gasteiger partial charge in [0.25, 0.3) is 0 Å². The lowest BCUT2D eigenvalue weighted by atomic mass is 9.66. The molecule has 0 bridgehead atoms. The molecule has 1 aliphatic carbocycles. The molecule has 1 aliphatic rings. The second kappa shape index (κ2) is 4.82. The molecule has 1 fully saturated rings. The van der Waals surface area contributed by atoms with Crippen molar-refractivity contribution in [3.05, 3.63) is 0 Å². The van der Waals surface area contributed by atoms with E-state index >= 15 is 0 Å². The number of nitrogens with zero attached hydrogens (tertiary/aromatic N) is 1. The Balaban J connectivity index is 2.64. The van der Waals surface area contributed by atoms with Gasteiger partial charge in [-0.2, -0.15) is 5.26 Å². The van der Waals surface area contributed by atoms with E-state index in [1.54, 1.807) is 0 Å². The molecule has 0 N–H and O–H groups in total. The van der Waals surface area contributed by atoms with Crippen LogP contribution in [-0.4, -0.2) is 0 Å². The minimum Gasteiger partial charge on any atom is -0.198 e. The van der Waals surface area contributed by atoms with Crippen LogP contribution < -0.4 is 0 Å². The second-order valence-electron chi connectivity index (χ2n) is 5.36. The molecule has 2 unspecified atom stereocenters. The van der Waals surface area contributed by atoms with Crippen molar-refractivity contribution in [1.82, 2.24) is 0 Å². The van der Waals surface area contributed by atoms with Crippen LogP contribution >= 0.6 is 0 Å².